The monoisotopic (exact) mass is 254 g/mol. The summed E-state index contributed by atoms with van der Waals surface area (Å²) in [5.41, 5.74) is 1.37. The zero-order chi connectivity index (χ0) is 12.3. The minimum Gasteiger partial charge on any atom is -0.374 e. The quantitative estimate of drug-likeness (QED) is 0.890. The summed E-state index contributed by atoms with van der Waals surface area (Å²) >= 11 is 1.81. The molecule has 4 heteroatoms. The lowest BCUT2D eigenvalue weighted by atomic mass is 10.0. The highest BCUT2D eigenvalue weighted by Crippen LogP contribution is 2.26. The highest BCUT2D eigenvalue weighted by molar-refractivity contribution is 7.10. The van der Waals surface area contributed by atoms with Gasteiger partial charge < -0.3 is 15.0 Å². The third-order valence-electron chi connectivity index (χ3n) is 3.20. The van der Waals surface area contributed by atoms with E-state index in [2.05, 4.69) is 42.6 Å². The smallest absolute Gasteiger partial charge is 0.0897 e. The van der Waals surface area contributed by atoms with Gasteiger partial charge in [0.25, 0.3) is 0 Å². The average molecular weight is 254 g/mol. The lowest BCUT2D eigenvalue weighted by Gasteiger charge is -2.35. The van der Waals surface area contributed by atoms with E-state index < -0.39 is 0 Å². The number of likely N-dealkylation sites (N-methyl/N-ethyl adjacent to an activating group) is 2. The standard InChI is InChI=1S/C13H22N2OS/c1-4-14-13(11-7-10(2)17-9-11)12-8-15(3)5-6-16-12/h7,9,12-14H,4-6,8H2,1-3H3. The van der Waals surface area contributed by atoms with Crippen LogP contribution in [0, 0.1) is 6.92 Å². The van der Waals surface area contributed by atoms with Crippen molar-refractivity contribution in [1.82, 2.24) is 10.2 Å². The van der Waals surface area contributed by atoms with Crippen LogP contribution in [0.15, 0.2) is 11.4 Å². The summed E-state index contributed by atoms with van der Waals surface area (Å²) in [6.45, 7) is 8.17. The molecule has 1 aromatic heterocycles. The fourth-order valence-electron chi connectivity index (χ4n) is 2.32. The number of hydrogen-bond donors (Lipinski definition) is 1. The molecule has 2 heterocycles. The molecule has 2 rings (SSSR count). The van der Waals surface area contributed by atoms with E-state index >= 15 is 0 Å². The molecular weight excluding hydrogens is 232 g/mol. The van der Waals surface area contributed by atoms with Gasteiger partial charge in [-0.05, 0) is 37.5 Å². The zero-order valence-electron chi connectivity index (χ0n) is 10.9. The molecule has 1 aliphatic rings. The Morgan fingerprint density at radius 2 is 2.47 bits per heavy atom. The topological polar surface area (TPSA) is 24.5 Å². The van der Waals surface area contributed by atoms with Crippen molar-refractivity contribution in [3.63, 3.8) is 0 Å². The highest BCUT2D eigenvalue weighted by Gasteiger charge is 2.27. The van der Waals surface area contributed by atoms with E-state index in [1.54, 1.807) is 0 Å². The number of morpholine rings is 1. The molecular formula is C13H22N2OS. The number of rotatable bonds is 4. The van der Waals surface area contributed by atoms with Crippen LogP contribution in [-0.2, 0) is 4.74 Å². The van der Waals surface area contributed by atoms with Crippen molar-refractivity contribution >= 4 is 11.3 Å². The van der Waals surface area contributed by atoms with Gasteiger partial charge in [0.05, 0.1) is 18.8 Å². The first-order valence-corrected chi connectivity index (χ1v) is 7.17. The van der Waals surface area contributed by atoms with E-state index in [1.807, 2.05) is 11.3 Å². The van der Waals surface area contributed by atoms with Gasteiger partial charge in [-0.15, -0.1) is 11.3 Å². The first-order chi connectivity index (χ1) is 8.20. The molecule has 17 heavy (non-hydrogen) atoms. The molecule has 0 amide bonds. The van der Waals surface area contributed by atoms with E-state index in [1.165, 1.54) is 10.4 Å². The minimum absolute atomic E-state index is 0.266. The van der Waals surface area contributed by atoms with Gasteiger partial charge in [-0.2, -0.15) is 0 Å². The fourth-order valence-corrected chi connectivity index (χ4v) is 3.06. The van der Waals surface area contributed by atoms with Gasteiger partial charge in [-0.25, -0.2) is 0 Å². The summed E-state index contributed by atoms with van der Waals surface area (Å²) in [4.78, 5) is 3.71. The van der Waals surface area contributed by atoms with Crippen LogP contribution in [-0.4, -0.2) is 44.3 Å². The Morgan fingerprint density at radius 1 is 1.65 bits per heavy atom. The summed E-state index contributed by atoms with van der Waals surface area (Å²) in [5, 5.41) is 5.81. The van der Waals surface area contributed by atoms with Gasteiger partial charge in [0.15, 0.2) is 0 Å². The van der Waals surface area contributed by atoms with Gasteiger partial charge in [0.2, 0.25) is 0 Å². The van der Waals surface area contributed by atoms with Crippen LogP contribution < -0.4 is 5.32 Å². The third kappa shape index (κ3) is 3.28. The van der Waals surface area contributed by atoms with Crippen molar-refractivity contribution in [3.05, 3.63) is 21.9 Å². The van der Waals surface area contributed by atoms with Gasteiger partial charge in [-0.3, -0.25) is 0 Å². The molecule has 1 aromatic rings. The molecule has 0 radical (unpaired) electrons. The molecule has 1 N–H and O–H groups in total. The van der Waals surface area contributed by atoms with E-state index in [4.69, 9.17) is 4.74 Å². The molecule has 0 saturated carbocycles. The third-order valence-corrected chi connectivity index (χ3v) is 4.08. The lowest BCUT2D eigenvalue weighted by molar-refractivity contribution is -0.0389. The normalized spacial score (nSPS) is 23.8. The maximum atomic E-state index is 5.93. The number of nitrogens with one attached hydrogen (secondary N) is 1. The predicted molar refractivity (Wildman–Crippen MR) is 72.7 cm³/mol. The van der Waals surface area contributed by atoms with Gasteiger partial charge in [0, 0.05) is 18.0 Å². The van der Waals surface area contributed by atoms with Gasteiger partial charge >= 0.3 is 0 Å². The van der Waals surface area contributed by atoms with Crippen molar-refractivity contribution in [3.8, 4) is 0 Å². The summed E-state index contributed by atoms with van der Waals surface area (Å²) in [6.07, 6.45) is 0.266. The Bertz CT molecular complexity index is 353. The number of hydrogen-bond acceptors (Lipinski definition) is 4. The van der Waals surface area contributed by atoms with Crippen LogP contribution >= 0.6 is 11.3 Å². The second kappa shape index (κ2) is 5.96. The summed E-state index contributed by atoms with van der Waals surface area (Å²) in [7, 11) is 2.16. The van der Waals surface area contributed by atoms with Gasteiger partial charge in [0.1, 0.15) is 0 Å². The largest absolute Gasteiger partial charge is 0.374 e. The van der Waals surface area contributed by atoms with Crippen molar-refractivity contribution < 1.29 is 4.74 Å². The first kappa shape index (κ1) is 13.0. The second-order valence-electron chi connectivity index (χ2n) is 4.70. The zero-order valence-corrected chi connectivity index (χ0v) is 11.7. The molecule has 1 fully saturated rings. The van der Waals surface area contributed by atoms with Crippen LogP contribution in [0.4, 0.5) is 0 Å². The number of ether oxygens (including phenoxy) is 1. The summed E-state index contributed by atoms with van der Waals surface area (Å²) in [5.74, 6) is 0. The Morgan fingerprint density at radius 3 is 3.06 bits per heavy atom. The Kier molecular flexibility index (Phi) is 4.56. The highest BCUT2D eigenvalue weighted by atomic mass is 32.1. The molecule has 0 aliphatic carbocycles. The summed E-state index contributed by atoms with van der Waals surface area (Å²) < 4.78 is 5.93. The van der Waals surface area contributed by atoms with Crippen molar-refractivity contribution in [2.24, 2.45) is 0 Å². The Labute approximate surface area is 108 Å². The van der Waals surface area contributed by atoms with Gasteiger partial charge in [-0.1, -0.05) is 6.92 Å². The molecule has 0 spiro atoms. The van der Waals surface area contributed by atoms with E-state index in [9.17, 15) is 0 Å². The SMILES string of the molecule is CCNC(c1csc(C)c1)C1CN(C)CCO1. The Balaban J connectivity index is 2.10. The molecule has 0 bridgehead atoms. The van der Waals surface area contributed by atoms with Crippen molar-refractivity contribution in [2.75, 3.05) is 33.3 Å². The maximum Gasteiger partial charge on any atom is 0.0897 e. The second-order valence-corrected chi connectivity index (χ2v) is 5.81. The van der Waals surface area contributed by atoms with Crippen LogP contribution in [0.3, 0.4) is 0 Å². The van der Waals surface area contributed by atoms with E-state index in [-0.39, 0.29) is 6.10 Å². The van der Waals surface area contributed by atoms with Crippen molar-refractivity contribution in [2.45, 2.75) is 26.0 Å². The molecule has 0 aromatic carbocycles. The maximum absolute atomic E-state index is 5.93. The first-order valence-electron chi connectivity index (χ1n) is 6.29. The van der Waals surface area contributed by atoms with E-state index in [0.717, 1.165) is 26.2 Å². The molecule has 2 atom stereocenters. The van der Waals surface area contributed by atoms with Crippen molar-refractivity contribution in [1.29, 1.82) is 0 Å². The van der Waals surface area contributed by atoms with Crippen LogP contribution in [0.25, 0.3) is 0 Å². The number of aryl methyl sites for hydroxylation is 1. The van der Waals surface area contributed by atoms with Crippen LogP contribution in [0.5, 0.6) is 0 Å². The Hall–Kier alpha value is -0.420. The van der Waals surface area contributed by atoms with Crippen LogP contribution in [0.2, 0.25) is 0 Å². The average Bonchev–Trinajstić information content (AvgIpc) is 2.72. The summed E-state index contributed by atoms with van der Waals surface area (Å²) in [6, 6.07) is 2.60. The van der Waals surface area contributed by atoms with E-state index in [0.29, 0.717) is 6.04 Å². The number of thiophene rings is 1. The predicted octanol–water partition coefficient (Wildman–Crippen LogP) is 2.04. The lowest BCUT2D eigenvalue weighted by Crippen LogP contribution is -2.46. The fraction of sp³-hybridized carbons (Fsp3) is 0.692. The molecule has 1 saturated heterocycles. The van der Waals surface area contributed by atoms with Crippen LogP contribution in [0.1, 0.15) is 23.4 Å². The minimum atomic E-state index is 0.266. The molecule has 2 unspecified atom stereocenters. The molecule has 96 valence electrons. The molecule has 3 nitrogen and oxygen atoms in total. The molecule has 1 aliphatic heterocycles. The number of nitrogens with zero attached hydrogens (tertiary/aromatic N) is 1.